The molecule has 0 aromatic heterocycles. The van der Waals surface area contributed by atoms with Crippen molar-refractivity contribution >= 4 is 27.3 Å². The summed E-state index contributed by atoms with van der Waals surface area (Å²) in [6.45, 7) is 10.0. The van der Waals surface area contributed by atoms with Crippen LogP contribution in [0.3, 0.4) is 0 Å². The van der Waals surface area contributed by atoms with Crippen molar-refractivity contribution in [2.45, 2.75) is 52.0 Å². The lowest BCUT2D eigenvalue weighted by Gasteiger charge is -2.23. The molecule has 0 radical (unpaired) electrons. The summed E-state index contributed by atoms with van der Waals surface area (Å²) in [5.41, 5.74) is 3.71. The Morgan fingerprint density at radius 1 is 1.08 bits per heavy atom. The van der Waals surface area contributed by atoms with E-state index in [0.29, 0.717) is 0 Å². The maximum Gasteiger partial charge on any atom is 0.243 e. The molecule has 2 amide bonds. The van der Waals surface area contributed by atoms with Crippen LogP contribution in [0.1, 0.15) is 37.5 Å². The highest BCUT2D eigenvalue weighted by Crippen LogP contribution is 2.22. The van der Waals surface area contributed by atoms with Crippen LogP contribution in [-0.4, -0.2) is 49.2 Å². The topological polar surface area (TPSA) is 83.6 Å². The number of hydrogen-bond acceptors (Lipinski definition) is 4. The predicted molar refractivity (Wildman–Crippen MR) is 100 cm³/mol. The van der Waals surface area contributed by atoms with Crippen molar-refractivity contribution in [1.82, 2.24) is 4.90 Å². The summed E-state index contributed by atoms with van der Waals surface area (Å²) < 4.78 is 24.3. The molecule has 0 fully saturated rings. The first kappa shape index (κ1) is 21.2. The third kappa shape index (κ3) is 5.04. The van der Waals surface area contributed by atoms with Crippen LogP contribution in [0.4, 0.5) is 5.69 Å². The average Bonchev–Trinajstić information content (AvgIpc) is 2.48. The smallest absolute Gasteiger partial charge is 0.243 e. The number of amides is 2. The third-order valence-electron chi connectivity index (χ3n) is 4.20. The van der Waals surface area contributed by atoms with E-state index in [-0.39, 0.29) is 12.5 Å². The Labute approximate surface area is 150 Å². The molecule has 0 spiro atoms. The van der Waals surface area contributed by atoms with Crippen LogP contribution >= 0.6 is 0 Å². The van der Waals surface area contributed by atoms with Gasteiger partial charge in [-0.2, -0.15) is 0 Å². The van der Waals surface area contributed by atoms with Gasteiger partial charge >= 0.3 is 0 Å². The second kappa shape index (κ2) is 7.99. The molecule has 6 nitrogen and oxygen atoms in total. The molecule has 1 aromatic rings. The molecule has 7 heteroatoms. The fourth-order valence-corrected chi connectivity index (χ4v) is 3.99. The zero-order valence-electron chi connectivity index (χ0n) is 16.0. The summed E-state index contributed by atoms with van der Waals surface area (Å²) in [7, 11) is -2.12. The van der Waals surface area contributed by atoms with Gasteiger partial charge < -0.3 is 10.2 Å². The van der Waals surface area contributed by atoms with Crippen molar-refractivity contribution in [2.75, 3.05) is 18.9 Å². The van der Waals surface area contributed by atoms with E-state index in [0.717, 1.165) is 27.3 Å². The molecule has 140 valence electrons. The number of anilines is 1. The predicted octanol–water partition coefficient (Wildman–Crippen LogP) is 2.22. The van der Waals surface area contributed by atoms with Crippen LogP contribution in [0.5, 0.6) is 0 Å². The summed E-state index contributed by atoms with van der Waals surface area (Å²) in [6.07, 6.45) is 0. The second-order valence-corrected chi connectivity index (χ2v) is 9.62. The fraction of sp³-hybridized carbons (Fsp3) is 0.556. The van der Waals surface area contributed by atoms with Gasteiger partial charge in [-0.05, 0) is 52.7 Å². The standard InChI is InChI=1S/C18H28N2O4S/c1-11(2)25(23,24)15(6)18(22)20(7)10-16(21)19-17-13(4)8-12(3)9-14(17)5/h8-9,11,15H,10H2,1-7H3,(H,19,21). The van der Waals surface area contributed by atoms with Crippen molar-refractivity contribution in [1.29, 1.82) is 0 Å². The number of carbonyl (C=O) groups is 2. The Kier molecular flexibility index (Phi) is 6.76. The van der Waals surface area contributed by atoms with E-state index in [1.54, 1.807) is 0 Å². The first-order valence-corrected chi connectivity index (χ1v) is 9.84. The molecule has 0 aliphatic heterocycles. The van der Waals surface area contributed by atoms with Crippen molar-refractivity contribution in [2.24, 2.45) is 0 Å². The highest BCUT2D eigenvalue weighted by molar-refractivity contribution is 7.93. The minimum absolute atomic E-state index is 0.205. The maximum atomic E-state index is 12.3. The Bertz CT molecular complexity index is 746. The van der Waals surface area contributed by atoms with Crippen molar-refractivity contribution in [3.8, 4) is 0 Å². The van der Waals surface area contributed by atoms with Crippen LogP contribution in [0, 0.1) is 20.8 Å². The molecule has 1 atom stereocenters. The van der Waals surface area contributed by atoms with Gasteiger partial charge in [0.25, 0.3) is 0 Å². The van der Waals surface area contributed by atoms with Gasteiger partial charge in [-0.3, -0.25) is 9.59 Å². The summed E-state index contributed by atoms with van der Waals surface area (Å²) >= 11 is 0. The van der Waals surface area contributed by atoms with E-state index in [9.17, 15) is 18.0 Å². The van der Waals surface area contributed by atoms with Gasteiger partial charge in [0.2, 0.25) is 11.8 Å². The van der Waals surface area contributed by atoms with Crippen molar-refractivity contribution in [3.05, 3.63) is 28.8 Å². The first-order chi connectivity index (χ1) is 11.4. The largest absolute Gasteiger partial charge is 0.335 e. The van der Waals surface area contributed by atoms with Gasteiger partial charge in [0.05, 0.1) is 11.8 Å². The fourth-order valence-electron chi connectivity index (χ4n) is 2.71. The zero-order valence-corrected chi connectivity index (χ0v) is 16.8. The van der Waals surface area contributed by atoms with Crippen LogP contribution < -0.4 is 5.32 Å². The number of aryl methyl sites for hydroxylation is 3. The molecule has 0 aliphatic rings. The zero-order chi connectivity index (χ0) is 19.5. The highest BCUT2D eigenvalue weighted by Gasteiger charge is 2.33. The maximum absolute atomic E-state index is 12.3. The monoisotopic (exact) mass is 368 g/mol. The number of carbonyl (C=O) groups excluding carboxylic acids is 2. The van der Waals surface area contributed by atoms with Gasteiger partial charge in [0.15, 0.2) is 9.84 Å². The van der Waals surface area contributed by atoms with Crippen molar-refractivity contribution in [3.63, 3.8) is 0 Å². The number of benzene rings is 1. The summed E-state index contributed by atoms with van der Waals surface area (Å²) in [6, 6.07) is 3.93. The van der Waals surface area contributed by atoms with Gasteiger partial charge in [-0.25, -0.2) is 8.42 Å². The SMILES string of the molecule is Cc1cc(C)c(NC(=O)CN(C)C(=O)C(C)S(=O)(=O)C(C)C)c(C)c1. The molecule has 0 saturated carbocycles. The molecule has 1 rings (SSSR count). The van der Waals surface area contributed by atoms with E-state index in [1.807, 2.05) is 32.9 Å². The second-order valence-electron chi connectivity index (χ2n) is 6.80. The number of likely N-dealkylation sites (N-methyl/N-ethyl adjacent to an activating group) is 1. The number of rotatable bonds is 6. The Hall–Kier alpha value is -1.89. The van der Waals surface area contributed by atoms with Crippen LogP contribution in [-0.2, 0) is 19.4 Å². The molecule has 1 aromatic carbocycles. The molecule has 0 aliphatic carbocycles. The Balaban J connectivity index is 2.83. The van der Waals surface area contributed by atoms with Crippen LogP contribution in [0.25, 0.3) is 0 Å². The summed E-state index contributed by atoms with van der Waals surface area (Å²) in [4.78, 5) is 25.7. The Morgan fingerprint density at radius 2 is 1.56 bits per heavy atom. The van der Waals surface area contributed by atoms with Gasteiger partial charge in [-0.15, -0.1) is 0 Å². The quantitative estimate of drug-likeness (QED) is 0.834. The average molecular weight is 368 g/mol. The summed E-state index contributed by atoms with van der Waals surface area (Å²) in [5.74, 6) is -0.943. The first-order valence-electron chi connectivity index (χ1n) is 8.23. The van der Waals surface area contributed by atoms with E-state index < -0.39 is 26.2 Å². The minimum atomic E-state index is -3.56. The normalized spacial score (nSPS) is 12.8. The van der Waals surface area contributed by atoms with Gasteiger partial charge in [0, 0.05) is 12.7 Å². The third-order valence-corrected chi connectivity index (χ3v) is 6.70. The lowest BCUT2D eigenvalue weighted by atomic mass is 10.1. The van der Waals surface area contributed by atoms with Crippen molar-refractivity contribution < 1.29 is 18.0 Å². The lowest BCUT2D eigenvalue weighted by Crippen LogP contribution is -2.44. The van der Waals surface area contributed by atoms with Crippen LogP contribution in [0.15, 0.2) is 12.1 Å². The molecule has 1 unspecified atom stereocenters. The van der Waals surface area contributed by atoms with E-state index in [4.69, 9.17) is 0 Å². The molecule has 0 bridgehead atoms. The van der Waals surface area contributed by atoms with Crippen LogP contribution in [0.2, 0.25) is 0 Å². The molecular weight excluding hydrogens is 340 g/mol. The Morgan fingerprint density at radius 3 is 2.00 bits per heavy atom. The molecule has 25 heavy (non-hydrogen) atoms. The molecule has 0 saturated heterocycles. The summed E-state index contributed by atoms with van der Waals surface area (Å²) in [5, 5.41) is 0.990. The number of hydrogen-bond donors (Lipinski definition) is 1. The van der Waals surface area contributed by atoms with Gasteiger partial charge in [0.1, 0.15) is 5.25 Å². The minimum Gasteiger partial charge on any atom is -0.335 e. The molecule has 1 N–H and O–H groups in total. The van der Waals surface area contributed by atoms with Gasteiger partial charge in [-0.1, -0.05) is 17.7 Å². The number of nitrogens with one attached hydrogen (secondary N) is 1. The molecule has 0 heterocycles. The van der Waals surface area contributed by atoms with E-state index >= 15 is 0 Å². The number of sulfone groups is 1. The molecular formula is C18H28N2O4S. The number of nitrogens with zero attached hydrogens (tertiary/aromatic N) is 1. The van der Waals surface area contributed by atoms with E-state index in [2.05, 4.69) is 5.32 Å². The van der Waals surface area contributed by atoms with E-state index in [1.165, 1.54) is 27.8 Å². The highest BCUT2D eigenvalue weighted by atomic mass is 32.2. The lowest BCUT2D eigenvalue weighted by molar-refractivity contribution is -0.132.